The van der Waals surface area contributed by atoms with Crippen molar-refractivity contribution in [3.8, 4) is 28.9 Å². The van der Waals surface area contributed by atoms with Crippen LogP contribution in [0, 0.1) is 32.5 Å². The minimum atomic E-state index is -4.70. The monoisotopic (exact) mass is 1550 g/mol. The summed E-state index contributed by atoms with van der Waals surface area (Å²) in [5.41, 5.74) is -1.20. The van der Waals surface area contributed by atoms with Gasteiger partial charge in [0.2, 0.25) is 5.88 Å². The number of ketones is 5. The molecule has 1 saturated carbocycles. The van der Waals surface area contributed by atoms with Gasteiger partial charge in [-0.2, -0.15) is 26.7 Å². The van der Waals surface area contributed by atoms with Gasteiger partial charge < -0.3 is 32.8 Å². The number of Topliss-reactive ketones (excluding diaryl/α,β-unsaturated/α-hetero) is 3. The predicted octanol–water partition coefficient (Wildman–Crippen LogP) is 9.07. The topological polar surface area (TPSA) is 359 Å². The molecule has 568 valence electrons. The number of methoxy groups -OCH3 is 1. The first-order chi connectivity index (χ1) is 49.4. The molecule has 0 saturated heterocycles. The van der Waals surface area contributed by atoms with Crippen molar-refractivity contribution in [1.29, 1.82) is 0 Å². The lowest BCUT2D eigenvalue weighted by Gasteiger charge is -2.20. The number of aryl methyl sites for hydroxylation is 3. The van der Waals surface area contributed by atoms with Gasteiger partial charge in [0.05, 0.1) is 76.1 Å². The van der Waals surface area contributed by atoms with Crippen LogP contribution in [-0.2, 0) is 93.6 Å². The number of halogens is 5. The molecule has 2 aliphatic heterocycles. The summed E-state index contributed by atoms with van der Waals surface area (Å²) in [5.74, 6) is -4.84. The minimum absolute atomic E-state index is 0.00823. The number of rotatable bonds is 20. The molecule has 1 fully saturated rings. The van der Waals surface area contributed by atoms with Crippen molar-refractivity contribution in [2.45, 2.75) is 121 Å². The van der Waals surface area contributed by atoms with Crippen molar-refractivity contribution in [2.75, 3.05) is 44.2 Å². The van der Waals surface area contributed by atoms with Crippen LogP contribution in [0.2, 0.25) is 5.02 Å². The molecule has 8 aromatic rings. The first kappa shape index (κ1) is 82.1. The van der Waals surface area contributed by atoms with Gasteiger partial charge in [-0.3, -0.25) is 38.2 Å². The summed E-state index contributed by atoms with van der Waals surface area (Å²) >= 11 is 6.11. The molecule has 0 radical (unpaired) electrons. The normalized spacial score (nSPS) is 15.4. The number of carbonyl (C=O) groups excluding carboxylic acids is 5. The molecule has 0 atom stereocenters. The molecular weight excluding hydrogens is 1480 g/mol. The summed E-state index contributed by atoms with van der Waals surface area (Å²) in [5, 5.41) is 6.61. The summed E-state index contributed by atoms with van der Waals surface area (Å²) in [4.78, 5) is 107. The van der Waals surface area contributed by atoms with E-state index in [0.29, 0.717) is 69.5 Å². The molecule has 0 spiro atoms. The molecule has 0 amide bonds. The summed E-state index contributed by atoms with van der Waals surface area (Å²) in [7, 11) is -4.66. The molecule has 27 nitrogen and oxygen atoms in total. The zero-order valence-electron chi connectivity index (χ0n) is 59.9. The Kier molecular flexibility index (Phi) is 24.9. The Bertz CT molecular complexity index is 5360. The number of ether oxygens (including phenoxy) is 4. The third-order valence-corrected chi connectivity index (χ3v) is 23.3. The molecule has 0 bridgehead atoms. The maximum Gasteiger partial charge on any atom is 0.433 e. The number of carbonyl (C=O) groups is 5. The van der Waals surface area contributed by atoms with Gasteiger partial charge in [0.25, 0.3) is 17.0 Å². The average Bonchev–Trinajstić information content (AvgIpc) is 1.58. The van der Waals surface area contributed by atoms with Crippen molar-refractivity contribution in [3.05, 3.63) is 195 Å². The van der Waals surface area contributed by atoms with Crippen LogP contribution in [0.4, 0.5) is 17.6 Å². The largest absolute Gasteiger partial charge is 0.475 e. The molecule has 11 rings (SSSR count). The highest BCUT2D eigenvalue weighted by atomic mass is 35.5. The minimum Gasteiger partial charge on any atom is -0.475 e. The lowest BCUT2D eigenvalue weighted by molar-refractivity contribution is -0.141. The summed E-state index contributed by atoms with van der Waals surface area (Å²) in [6.07, 6.45) is 0.403. The second-order valence-electron chi connectivity index (χ2n) is 26.2. The lowest BCUT2D eigenvalue weighted by atomic mass is 9.81. The van der Waals surface area contributed by atoms with E-state index in [1.165, 1.54) is 97.2 Å². The molecule has 5 aromatic heterocycles. The molecule has 3 aliphatic rings. The molecule has 7 heterocycles. The number of fused-ring (bicyclic) bond motifs is 2. The fraction of sp³-hybridized carbons (Fsp3) is 0.394. The standard InChI is InChI=1S/C19H17ClFN3O4.C19H24N2O6S2.C17H18F3NO5.C16H18N2O4S/c1-4-27-18-15(6-5-7-22-18)28-16-10-14(13(21)9-12(16)20)24-17(25)8-11(2)23(3)19(24)26;1-6-9-29(25,26)27-18-14(10-20-21(18)5)17(22)13-7-8-15-16(12(13)2)19(3,4)11-28(15,23)24;1-25-7-8-26-9-11-10(5-6-14(21-11)17(18,19)20)16(24)15-12(22)3-2-4-13(15)23;1-9-10(14(19)11-7-17-18(4)15(11)20)5-6-12-13(9)16(2,3)8-23(12,21)22/h5-10H,4H2,1-3H3;7-8,10H,6,9,11H2,1-5H3;5-6,15H,2-4,7-9H2,1H3;5-7,17H,8H2,1-4H3. The number of hydrogen-bond donors (Lipinski definition) is 1. The van der Waals surface area contributed by atoms with Gasteiger partial charge >= 0.3 is 22.0 Å². The lowest BCUT2D eigenvalue weighted by Crippen LogP contribution is -2.38. The number of nitrogens with one attached hydrogen (secondary N) is 1. The van der Waals surface area contributed by atoms with E-state index in [0.717, 1.165) is 16.7 Å². The first-order valence-electron chi connectivity index (χ1n) is 32.7. The van der Waals surface area contributed by atoms with Crippen LogP contribution in [0.1, 0.15) is 149 Å². The highest BCUT2D eigenvalue weighted by molar-refractivity contribution is 7.92. The molecular formula is C71H77ClF4N8O19S3. The van der Waals surface area contributed by atoms with Crippen LogP contribution in [0.25, 0.3) is 5.69 Å². The number of pyridine rings is 2. The summed E-state index contributed by atoms with van der Waals surface area (Å²) in [6, 6.07) is 14.2. The zero-order chi connectivity index (χ0) is 78.7. The first-order valence-corrected chi connectivity index (χ1v) is 38.0. The van der Waals surface area contributed by atoms with E-state index in [4.69, 9.17) is 34.7 Å². The number of aromatic amines is 1. The summed E-state index contributed by atoms with van der Waals surface area (Å²) < 4.78 is 158. The number of sulfone groups is 2. The van der Waals surface area contributed by atoms with Crippen molar-refractivity contribution < 1.29 is 89.9 Å². The van der Waals surface area contributed by atoms with E-state index in [2.05, 4.69) is 20.2 Å². The van der Waals surface area contributed by atoms with Crippen LogP contribution < -0.4 is 30.5 Å². The molecule has 3 aromatic carbocycles. The van der Waals surface area contributed by atoms with E-state index in [-0.39, 0.29) is 111 Å². The van der Waals surface area contributed by atoms with Crippen LogP contribution in [0.3, 0.4) is 0 Å². The number of benzene rings is 3. The second-order valence-corrected chi connectivity index (χ2v) is 32.3. The van der Waals surface area contributed by atoms with Gasteiger partial charge in [-0.25, -0.2) is 45.2 Å². The highest BCUT2D eigenvalue weighted by Crippen LogP contribution is 2.45. The van der Waals surface area contributed by atoms with E-state index < -0.39 is 110 Å². The van der Waals surface area contributed by atoms with E-state index in [9.17, 15) is 81.2 Å². The Labute approximate surface area is 611 Å². The number of aromatic nitrogens is 8. The molecule has 0 unspecified atom stereocenters. The third kappa shape index (κ3) is 17.6. The van der Waals surface area contributed by atoms with Gasteiger partial charge in [-0.15, -0.1) is 0 Å². The van der Waals surface area contributed by atoms with Crippen LogP contribution in [-0.4, -0.2) is 137 Å². The second kappa shape index (κ2) is 32.2. The van der Waals surface area contributed by atoms with Gasteiger partial charge in [0.15, 0.2) is 54.3 Å². The van der Waals surface area contributed by atoms with Crippen molar-refractivity contribution in [2.24, 2.45) is 27.1 Å². The van der Waals surface area contributed by atoms with Crippen molar-refractivity contribution in [1.82, 2.24) is 38.7 Å². The summed E-state index contributed by atoms with van der Waals surface area (Å²) in [6.45, 7) is 16.2. The SMILES string of the molecule is CCCS(=O)(=O)Oc1c(C(=O)c2ccc3c(c2C)C(C)(C)CS3(=O)=O)cnn1C.CCOc1ncccc1Oc1cc(-n2c(=O)cc(C)n(C)c2=O)c(F)cc1Cl.COCCOCc1nc(C(F)(F)F)ccc1C(=O)C1C(=O)CCCC1=O.Cc1c(C(=O)c2c[nH]n(C)c2=O)ccc2c1C(C)(C)CS2(=O)=O. The van der Waals surface area contributed by atoms with Crippen LogP contribution in [0.15, 0.2) is 109 Å². The third-order valence-electron chi connectivity index (χ3n) is 17.4. The average molecular weight is 1550 g/mol. The van der Waals surface area contributed by atoms with Gasteiger partial charge in [-0.1, -0.05) is 46.2 Å². The van der Waals surface area contributed by atoms with E-state index in [1.807, 2.05) is 27.7 Å². The maximum absolute atomic E-state index is 14.6. The smallest absolute Gasteiger partial charge is 0.433 e. The number of alkyl halides is 3. The Morgan fingerprint density at radius 1 is 0.764 bits per heavy atom. The van der Waals surface area contributed by atoms with Gasteiger partial charge in [0.1, 0.15) is 34.3 Å². The van der Waals surface area contributed by atoms with Crippen LogP contribution in [0.5, 0.6) is 23.3 Å². The number of nitrogens with zero attached hydrogens (tertiary/aromatic N) is 7. The molecule has 35 heteroatoms. The van der Waals surface area contributed by atoms with Gasteiger partial charge in [0, 0.05) is 98.8 Å². The Balaban J connectivity index is 0.000000179. The highest BCUT2D eigenvalue weighted by Gasteiger charge is 2.45. The van der Waals surface area contributed by atoms with E-state index >= 15 is 0 Å². The zero-order valence-corrected chi connectivity index (χ0v) is 63.1. The fourth-order valence-corrected chi connectivity index (χ4v) is 18.3. The molecule has 1 aliphatic carbocycles. The quantitative estimate of drug-likeness (QED) is 0.0244. The fourth-order valence-electron chi connectivity index (χ4n) is 12.5. The number of H-pyrrole nitrogens is 1. The number of hydrogen-bond acceptors (Lipinski definition) is 22. The Morgan fingerprint density at radius 3 is 1.88 bits per heavy atom. The Hall–Kier alpha value is -9.61. The molecule has 106 heavy (non-hydrogen) atoms. The van der Waals surface area contributed by atoms with Crippen LogP contribution >= 0.6 is 11.6 Å². The van der Waals surface area contributed by atoms with E-state index in [1.54, 1.807) is 46.8 Å². The van der Waals surface area contributed by atoms with Crippen molar-refractivity contribution >= 4 is 70.3 Å². The van der Waals surface area contributed by atoms with Gasteiger partial charge in [-0.05, 0) is 117 Å². The molecule has 1 N–H and O–H groups in total. The maximum atomic E-state index is 14.6. The predicted molar refractivity (Wildman–Crippen MR) is 378 cm³/mol. The Morgan fingerprint density at radius 2 is 1.34 bits per heavy atom. The van der Waals surface area contributed by atoms with Crippen molar-refractivity contribution in [3.63, 3.8) is 0 Å².